The molecule has 3 aromatic heterocycles. The Kier molecular flexibility index (Phi) is 4.78. The van der Waals surface area contributed by atoms with Crippen LogP contribution in [0.5, 0.6) is 0 Å². The fourth-order valence-corrected chi connectivity index (χ4v) is 9.36. The van der Waals surface area contributed by atoms with E-state index in [0.717, 1.165) is 0 Å². The van der Waals surface area contributed by atoms with Crippen molar-refractivity contribution in [3.8, 4) is 22.3 Å². The van der Waals surface area contributed by atoms with Crippen molar-refractivity contribution in [2.24, 2.45) is 0 Å². The molecule has 0 saturated carbocycles. The van der Waals surface area contributed by atoms with Gasteiger partial charge in [0.25, 0.3) is 0 Å². The molecule has 1 nitrogen and oxygen atoms in total. The molecule has 0 atom stereocenters. The summed E-state index contributed by atoms with van der Waals surface area (Å²) in [4.78, 5) is 0. The molecule has 0 amide bonds. The van der Waals surface area contributed by atoms with Crippen molar-refractivity contribution in [3.05, 3.63) is 152 Å². The highest BCUT2D eigenvalue weighted by molar-refractivity contribution is 7.27. The average molecular weight is 600 g/mol. The Bertz CT molecular complexity index is 3010. The Labute approximate surface area is 268 Å². The normalized spacial score (nSPS) is 12.3. The molecule has 212 valence electrons. The maximum absolute atomic E-state index is 2.47. The van der Waals surface area contributed by atoms with E-state index in [-0.39, 0.29) is 0 Å². The van der Waals surface area contributed by atoms with Crippen LogP contribution in [0.15, 0.2) is 152 Å². The summed E-state index contributed by atoms with van der Waals surface area (Å²) in [5.41, 5.74) is 8.85. The van der Waals surface area contributed by atoms with E-state index in [2.05, 4.69) is 156 Å². The number of hydrogen-bond acceptors (Lipinski definition) is 1. The van der Waals surface area contributed by atoms with Gasteiger partial charge >= 0.3 is 0 Å². The standard InChI is InChI=1S/C44H25NS/c1-2-10-26(11-3-1)27-19-21-40-36(22-27)38-24-29(23-37-32-14-8-9-17-39(32)45(40)43(37)38)28-18-20-35-41(25-28)46-44-34-16-7-5-13-31(34)30-12-4-6-15-33(30)42(35)44/h1-25H. The topological polar surface area (TPSA) is 4.41 Å². The van der Waals surface area contributed by atoms with Crippen LogP contribution in [0.4, 0.5) is 0 Å². The summed E-state index contributed by atoms with van der Waals surface area (Å²) in [7, 11) is 0. The summed E-state index contributed by atoms with van der Waals surface area (Å²) in [6, 6.07) is 56.3. The Hall–Kier alpha value is -5.70. The summed E-state index contributed by atoms with van der Waals surface area (Å²) in [6.45, 7) is 0. The highest BCUT2D eigenvalue weighted by Crippen LogP contribution is 2.46. The molecule has 11 rings (SSSR count). The van der Waals surface area contributed by atoms with Crippen molar-refractivity contribution in [2.75, 3.05) is 0 Å². The maximum Gasteiger partial charge on any atom is 0.0620 e. The molecular weight excluding hydrogens is 575 g/mol. The van der Waals surface area contributed by atoms with Gasteiger partial charge in [0.15, 0.2) is 0 Å². The van der Waals surface area contributed by atoms with Crippen LogP contribution in [0.25, 0.3) is 102 Å². The Balaban J connectivity index is 1.21. The first-order valence-corrected chi connectivity index (χ1v) is 16.7. The van der Waals surface area contributed by atoms with E-state index in [0.29, 0.717) is 0 Å². The van der Waals surface area contributed by atoms with Crippen molar-refractivity contribution < 1.29 is 0 Å². The molecule has 3 heterocycles. The lowest BCUT2D eigenvalue weighted by Crippen LogP contribution is -1.81. The number of rotatable bonds is 2. The fourth-order valence-electron chi connectivity index (χ4n) is 8.06. The van der Waals surface area contributed by atoms with Gasteiger partial charge in [-0.25, -0.2) is 0 Å². The molecule has 0 unspecified atom stereocenters. The first-order chi connectivity index (χ1) is 22.8. The summed E-state index contributed by atoms with van der Waals surface area (Å²) in [5.74, 6) is 0. The number of benzene rings is 8. The molecule has 0 N–H and O–H groups in total. The fraction of sp³-hybridized carbons (Fsp3) is 0. The maximum atomic E-state index is 2.47. The number of thiophene rings is 1. The largest absolute Gasteiger partial charge is 0.308 e. The second kappa shape index (κ2) is 8.94. The number of para-hydroxylation sites is 1. The van der Waals surface area contributed by atoms with E-state index in [1.807, 2.05) is 11.3 Å². The third-order valence-electron chi connectivity index (χ3n) is 10.1. The molecule has 0 radical (unpaired) electrons. The second-order valence-electron chi connectivity index (χ2n) is 12.5. The van der Waals surface area contributed by atoms with Crippen molar-refractivity contribution in [3.63, 3.8) is 0 Å². The molecule has 0 fully saturated rings. The Morgan fingerprint density at radius 2 is 0.935 bits per heavy atom. The predicted octanol–water partition coefficient (Wildman–Crippen LogP) is 12.8. The minimum Gasteiger partial charge on any atom is -0.308 e. The molecular formula is C44H25NS. The number of fused-ring (bicyclic) bond motifs is 14. The van der Waals surface area contributed by atoms with Gasteiger partial charge < -0.3 is 4.40 Å². The van der Waals surface area contributed by atoms with Crippen LogP contribution in [0.3, 0.4) is 0 Å². The van der Waals surface area contributed by atoms with Crippen LogP contribution < -0.4 is 0 Å². The summed E-state index contributed by atoms with van der Waals surface area (Å²) in [6.07, 6.45) is 0. The van der Waals surface area contributed by atoms with E-state index < -0.39 is 0 Å². The van der Waals surface area contributed by atoms with E-state index in [1.54, 1.807) is 0 Å². The molecule has 8 aromatic carbocycles. The number of hydrogen-bond donors (Lipinski definition) is 0. The van der Waals surface area contributed by atoms with Gasteiger partial charge in [0.2, 0.25) is 0 Å². The van der Waals surface area contributed by atoms with Gasteiger partial charge in [-0.15, -0.1) is 11.3 Å². The third kappa shape index (κ3) is 3.19. The second-order valence-corrected chi connectivity index (χ2v) is 13.5. The molecule has 0 bridgehead atoms. The zero-order valence-electron chi connectivity index (χ0n) is 24.8. The highest BCUT2D eigenvalue weighted by Gasteiger charge is 2.20. The average Bonchev–Trinajstić information content (AvgIpc) is 3.78. The van der Waals surface area contributed by atoms with Crippen molar-refractivity contribution in [1.29, 1.82) is 0 Å². The van der Waals surface area contributed by atoms with Crippen LogP contribution >= 0.6 is 11.3 Å². The Morgan fingerprint density at radius 1 is 0.348 bits per heavy atom. The highest BCUT2D eigenvalue weighted by atomic mass is 32.1. The molecule has 0 aliphatic heterocycles. The lowest BCUT2D eigenvalue weighted by molar-refractivity contribution is 1.37. The van der Waals surface area contributed by atoms with E-state index in [4.69, 9.17) is 0 Å². The summed E-state index contributed by atoms with van der Waals surface area (Å²) < 4.78 is 5.18. The third-order valence-corrected chi connectivity index (χ3v) is 11.3. The molecule has 11 aromatic rings. The van der Waals surface area contributed by atoms with E-state index >= 15 is 0 Å². The number of nitrogens with zero attached hydrogens (tertiary/aromatic N) is 1. The monoisotopic (exact) mass is 599 g/mol. The van der Waals surface area contributed by atoms with Gasteiger partial charge in [0.1, 0.15) is 0 Å². The lowest BCUT2D eigenvalue weighted by atomic mass is 9.95. The minimum atomic E-state index is 1.24. The van der Waals surface area contributed by atoms with Crippen LogP contribution in [0, 0.1) is 0 Å². The van der Waals surface area contributed by atoms with E-state index in [9.17, 15) is 0 Å². The van der Waals surface area contributed by atoms with Crippen molar-refractivity contribution >= 4 is 91.1 Å². The Morgan fingerprint density at radius 3 is 1.76 bits per heavy atom. The molecule has 2 heteroatoms. The first kappa shape index (κ1) is 24.6. The molecule has 0 aliphatic carbocycles. The van der Waals surface area contributed by atoms with Gasteiger partial charge in [-0.05, 0) is 74.8 Å². The van der Waals surface area contributed by atoms with Crippen molar-refractivity contribution in [1.82, 2.24) is 4.40 Å². The SMILES string of the molecule is c1ccc(-c2ccc3c(c2)c2cc(-c4ccc5c(c4)sc4c6ccccc6c6ccccc6c54)cc4c5ccccc5n3c42)cc1. The molecule has 0 spiro atoms. The first-order valence-electron chi connectivity index (χ1n) is 15.9. The smallest absolute Gasteiger partial charge is 0.0620 e. The van der Waals surface area contributed by atoms with Crippen LogP contribution in [-0.2, 0) is 0 Å². The van der Waals surface area contributed by atoms with Gasteiger partial charge in [-0.1, -0.05) is 115 Å². The van der Waals surface area contributed by atoms with Gasteiger partial charge in [0, 0.05) is 47.1 Å². The van der Waals surface area contributed by atoms with E-state index in [1.165, 1.54) is 102 Å². The summed E-state index contributed by atoms with van der Waals surface area (Å²) >= 11 is 1.93. The van der Waals surface area contributed by atoms with Crippen LogP contribution in [0.2, 0.25) is 0 Å². The van der Waals surface area contributed by atoms with Gasteiger partial charge in [-0.3, -0.25) is 0 Å². The molecule has 0 saturated heterocycles. The summed E-state index contributed by atoms with van der Waals surface area (Å²) in [5, 5.41) is 13.3. The van der Waals surface area contributed by atoms with Crippen molar-refractivity contribution in [2.45, 2.75) is 0 Å². The number of aromatic nitrogens is 1. The quantitative estimate of drug-likeness (QED) is 0.174. The van der Waals surface area contributed by atoms with Gasteiger partial charge in [0.05, 0.1) is 16.6 Å². The van der Waals surface area contributed by atoms with Crippen LogP contribution in [-0.4, -0.2) is 4.40 Å². The molecule has 0 aliphatic rings. The minimum absolute atomic E-state index is 1.24. The van der Waals surface area contributed by atoms with Gasteiger partial charge in [-0.2, -0.15) is 0 Å². The van der Waals surface area contributed by atoms with Crippen LogP contribution in [0.1, 0.15) is 0 Å². The lowest BCUT2D eigenvalue weighted by Gasteiger charge is -2.07. The predicted molar refractivity (Wildman–Crippen MR) is 200 cm³/mol. The zero-order valence-corrected chi connectivity index (χ0v) is 25.6. The zero-order chi connectivity index (χ0) is 29.9. The molecule has 46 heavy (non-hydrogen) atoms.